The van der Waals surface area contributed by atoms with E-state index in [-0.39, 0.29) is 12.0 Å². The molecular weight excluding hydrogens is 412 g/mol. The fourth-order valence-corrected chi connectivity index (χ4v) is 6.03. The number of piperidine rings is 1. The van der Waals surface area contributed by atoms with Crippen molar-refractivity contribution in [3.63, 3.8) is 0 Å². The van der Waals surface area contributed by atoms with Gasteiger partial charge in [-0.3, -0.25) is 4.98 Å². The van der Waals surface area contributed by atoms with E-state index in [9.17, 15) is 10.2 Å². The molecule has 0 radical (unpaired) electrons. The average Bonchev–Trinajstić information content (AvgIpc) is 2.87. The molecule has 0 amide bonds. The van der Waals surface area contributed by atoms with Crippen LogP contribution >= 0.6 is 0 Å². The van der Waals surface area contributed by atoms with Gasteiger partial charge in [-0.1, -0.05) is 32.1 Å². The highest BCUT2D eigenvalue weighted by atomic mass is 16.5. The number of fused-ring (bicyclic) bond motifs is 1. The van der Waals surface area contributed by atoms with E-state index in [0.717, 1.165) is 66.0 Å². The Hall–Kier alpha value is -1.69. The van der Waals surface area contributed by atoms with Crippen LogP contribution in [0.15, 0.2) is 24.4 Å². The number of aliphatic hydroxyl groups is 2. The van der Waals surface area contributed by atoms with Gasteiger partial charge in [0.15, 0.2) is 0 Å². The van der Waals surface area contributed by atoms with Gasteiger partial charge in [-0.15, -0.1) is 0 Å². The minimum Gasteiger partial charge on any atom is -0.497 e. The molecule has 0 spiro atoms. The Balaban J connectivity index is 1.35. The number of methoxy groups -OCH3 is 1. The molecule has 182 valence electrons. The lowest BCUT2D eigenvalue weighted by Crippen LogP contribution is -2.42. The quantitative estimate of drug-likeness (QED) is 0.530. The zero-order valence-corrected chi connectivity index (χ0v) is 20.6. The van der Waals surface area contributed by atoms with Crippen molar-refractivity contribution in [1.82, 2.24) is 9.88 Å². The van der Waals surface area contributed by atoms with Crippen LogP contribution in [-0.4, -0.2) is 53.4 Å². The Bertz CT molecular complexity index is 901. The normalized spacial score (nSPS) is 20.7. The van der Waals surface area contributed by atoms with Gasteiger partial charge in [0.25, 0.3) is 0 Å². The highest BCUT2D eigenvalue weighted by Crippen LogP contribution is 2.40. The van der Waals surface area contributed by atoms with E-state index in [1.165, 1.54) is 45.1 Å². The Morgan fingerprint density at radius 2 is 1.94 bits per heavy atom. The molecule has 1 aliphatic heterocycles. The molecule has 2 N–H and O–H groups in total. The van der Waals surface area contributed by atoms with E-state index >= 15 is 0 Å². The smallest absolute Gasteiger partial charge is 0.119 e. The van der Waals surface area contributed by atoms with E-state index in [1.54, 1.807) is 7.11 Å². The van der Waals surface area contributed by atoms with Crippen molar-refractivity contribution in [2.75, 3.05) is 33.4 Å². The molecule has 1 aromatic heterocycles. The summed E-state index contributed by atoms with van der Waals surface area (Å²) < 4.78 is 5.41. The lowest BCUT2D eigenvalue weighted by molar-refractivity contribution is 0.0218. The van der Waals surface area contributed by atoms with Gasteiger partial charge in [-0.2, -0.15) is 0 Å². The summed E-state index contributed by atoms with van der Waals surface area (Å²) in [7, 11) is 1.66. The number of aromatic nitrogens is 1. The number of aryl methyl sites for hydroxylation is 1. The lowest BCUT2D eigenvalue weighted by atomic mass is 9.74. The molecule has 2 aliphatic rings. The molecule has 33 heavy (non-hydrogen) atoms. The van der Waals surface area contributed by atoms with Gasteiger partial charge in [0.1, 0.15) is 5.75 Å². The number of likely N-dealkylation sites (tertiary alicyclic amines) is 1. The molecule has 0 bridgehead atoms. The van der Waals surface area contributed by atoms with Crippen molar-refractivity contribution in [3.8, 4) is 5.75 Å². The molecule has 4 rings (SSSR count). The maximum atomic E-state index is 11.2. The summed E-state index contributed by atoms with van der Waals surface area (Å²) in [5.74, 6) is 1.70. The van der Waals surface area contributed by atoms with Crippen LogP contribution in [0.1, 0.15) is 81.4 Å². The first-order valence-corrected chi connectivity index (χ1v) is 13.0. The summed E-state index contributed by atoms with van der Waals surface area (Å²) >= 11 is 0. The molecule has 1 aliphatic carbocycles. The van der Waals surface area contributed by atoms with E-state index in [2.05, 4.69) is 9.88 Å². The van der Waals surface area contributed by atoms with E-state index < -0.39 is 6.10 Å². The second-order valence-corrected chi connectivity index (χ2v) is 10.6. The van der Waals surface area contributed by atoms with Gasteiger partial charge in [-0.05, 0) is 99.3 Å². The number of nitrogens with zero attached hydrogens (tertiary/aromatic N) is 2. The molecule has 5 heteroatoms. The highest BCUT2D eigenvalue weighted by molar-refractivity contribution is 5.84. The molecular formula is C28H42N2O3. The molecule has 1 atom stereocenters. The molecule has 5 nitrogen and oxygen atoms in total. The van der Waals surface area contributed by atoms with Crippen molar-refractivity contribution in [2.24, 2.45) is 11.3 Å². The Morgan fingerprint density at radius 3 is 2.64 bits per heavy atom. The Kier molecular flexibility index (Phi) is 8.26. The Morgan fingerprint density at radius 1 is 1.18 bits per heavy atom. The predicted octanol–water partition coefficient (Wildman–Crippen LogP) is 5.41. The SMILES string of the molecule is COc1ccc2ncc(C)c(C(O)CCC3(CO)CCN(CCC4CCCCC4)CC3)c2c1. The minimum atomic E-state index is -0.574. The molecule has 2 fully saturated rings. The summed E-state index contributed by atoms with van der Waals surface area (Å²) in [5, 5.41) is 22.5. The first-order valence-electron chi connectivity index (χ1n) is 13.0. The maximum Gasteiger partial charge on any atom is 0.119 e. The van der Waals surface area contributed by atoms with Crippen LogP contribution in [0, 0.1) is 18.3 Å². The van der Waals surface area contributed by atoms with E-state index in [0.29, 0.717) is 6.42 Å². The highest BCUT2D eigenvalue weighted by Gasteiger charge is 2.34. The van der Waals surface area contributed by atoms with Gasteiger partial charge >= 0.3 is 0 Å². The van der Waals surface area contributed by atoms with E-state index in [4.69, 9.17) is 4.74 Å². The zero-order valence-electron chi connectivity index (χ0n) is 20.6. The van der Waals surface area contributed by atoms with Crippen LogP contribution in [0.2, 0.25) is 0 Å². The van der Waals surface area contributed by atoms with Crippen molar-refractivity contribution < 1.29 is 14.9 Å². The van der Waals surface area contributed by atoms with Gasteiger partial charge in [0, 0.05) is 18.2 Å². The number of ether oxygens (including phenoxy) is 1. The largest absolute Gasteiger partial charge is 0.497 e. The molecule has 1 aromatic carbocycles. The van der Waals surface area contributed by atoms with Gasteiger partial charge < -0.3 is 19.8 Å². The van der Waals surface area contributed by atoms with Crippen LogP contribution in [0.25, 0.3) is 10.9 Å². The summed E-state index contributed by atoms with van der Waals surface area (Å²) in [6, 6.07) is 5.83. The zero-order chi connectivity index (χ0) is 23.3. The average molecular weight is 455 g/mol. The van der Waals surface area contributed by atoms with Gasteiger partial charge in [-0.25, -0.2) is 0 Å². The third-order valence-electron chi connectivity index (χ3n) is 8.43. The van der Waals surface area contributed by atoms with Crippen LogP contribution in [0.4, 0.5) is 0 Å². The van der Waals surface area contributed by atoms with Crippen LogP contribution < -0.4 is 4.74 Å². The second-order valence-electron chi connectivity index (χ2n) is 10.6. The fraction of sp³-hybridized carbons (Fsp3) is 0.679. The second kappa shape index (κ2) is 11.2. The molecule has 1 unspecified atom stereocenters. The summed E-state index contributed by atoms with van der Waals surface area (Å²) in [6.07, 6.45) is 13.2. The number of aliphatic hydroxyl groups excluding tert-OH is 2. The number of rotatable bonds is 9. The number of hydrogen-bond donors (Lipinski definition) is 2. The molecule has 2 aromatic rings. The molecule has 1 saturated heterocycles. The van der Waals surface area contributed by atoms with Crippen molar-refractivity contribution >= 4 is 10.9 Å². The predicted molar refractivity (Wildman–Crippen MR) is 134 cm³/mol. The maximum absolute atomic E-state index is 11.2. The van der Waals surface area contributed by atoms with Crippen LogP contribution in [0.5, 0.6) is 5.75 Å². The van der Waals surface area contributed by atoms with Crippen LogP contribution in [0.3, 0.4) is 0 Å². The first-order chi connectivity index (χ1) is 16.0. The third-order valence-corrected chi connectivity index (χ3v) is 8.43. The van der Waals surface area contributed by atoms with Crippen molar-refractivity contribution in [3.05, 3.63) is 35.5 Å². The monoisotopic (exact) mass is 454 g/mol. The molecule has 2 heterocycles. The van der Waals surface area contributed by atoms with Crippen molar-refractivity contribution in [1.29, 1.82) is 0 Å². The number of benzene rings is 1. The standard InChI is InChI=1S/C28H42N2O3/c1-21-19-29-25-9-8-23(33-2)18-24(25)27(21)26(32)10-12-28(20-31)13-16-30(17-14-28)15-11-22-6-4-3-5-7-22/h8-9,18-19,22,26,31-32H,3-7,10-17,20H2,1-2H3. The Labute approximate surface area is 199 Å². The first kappa shape index (κ1) is 24.4. The summed E-state index contributed by atoms with van der Waals surface area (Å²) in [4.78, 5) is 7.13. The topological polar surface area (TPSA) is 65.8 Å². The fourth-order valence-electron chi connectivity index (χ4n) is 6.03. The lowest BCUT2D eigenvalue weighted by Gasteiger charge is -2.41. The minimum absolute atomic E-state index is 0.0727. The van der Waals surface area contributed by atoms with Crippen LogP contribution in [-0.2, 0) is 0 Å². The summed E-state index contributed by atoms with van der Waals surface area (Å²) in [5.41, 5.74) is 2.74. The van der Waals surface area contributed by atoms with Crippen molar-refractivity contribution in [2.45, 2.75) is 77.2 Å². The van der Waals surface area contributed by atoms with E-state index in [1.807, 2.05) is 31.3 Å². The van der Waals surface area contributed by atoms with Gasteiger partial charge in [0.05, 0.1) is 18.7 Å². The number of pyridine rings is 1. The van der Waals surface area contributed by atoms with Gasteiger partial charge in [0.2, 0.25) is 0 Å². The number of hydrogen-bond acceptors (Lipinski definition) is 5. The molecule has 1 saturated carbocycles. The summed E-state index contributed by atoms with van der Waals surface area (Å²) in [6.45, 7) is 5.56. The third kappa shape index (κ3) is 5.87.